The van der Waals surface area contributed by atoms with Gasteiger partial charge in [0.1, 0.15) is 0 Å². The summed E-state index contributed by atoms with van der Waals surface area (Å²) >= 11 is 3.68. The van der Waals surface area contributed by atoms with Crippen molar-refractivity contribution < 1.29 is 9.47 Å². The van der Waals surface area contributed by atoms with Gasteiger partial charge in [-0.15, -0.1) is 0 Å². The Balaban J connectivity index is 1.76. The van der Waals surface area contributed by atoms with Gasteiger partial charge in [0.25, 0.3) is 0 Å². The van der Waals surface area contributed by atoms with Crippen molar-refractivity contribution in [3.63, 3.8) is 0 Å². The smallest absolute Gasteiger partial charge is 0.0779 e. The molecule has 2 nitrogen and oxygen atoms in total. The Bertz CT molecular complexity index is 231. The average molecular weight is 319 g/mol. The van der Waals surface area contributed by atoms with E-state index in [0.29, 0.717) is 5.92 Å². The van der Waals surface area contributed by atoms with E-state index in [9.17, 15) is 0 Å². The third-order valence-electron chi connectivity index (χ3n) is 4.61. The topological polar surface area (TPSA) is 18.5 Å². The van der Waals surface area contributed by atoms with Crippen LogP contribution >= 0.6 is 15.9 Å². The van der Waals surface area contributed by atoms with Crippen LogP contribution in [-0.2, 0) is 9.47 Å². The van der Waals surface area contributed by atoms with Gasteiger partial charge in [-0.05, 0) is 38.0 Å². The predicted octanol–water partition coefficient (Wildman–Crippen LogP) is 4.16. The monoisotopic (exact) mass is 318 g/mol. The molecule has 0 radical (unpaired) electrons. The highest BCUT2D eigenvalue weighted by Gasteiger charge is 2.35. The zero-order valence-electron chi connectivity index (χ0n) is 11.6. The lowest BCUT2D eigenvalue weighted by Crippen LogP contribution is -2.40. The molecule has 0 spiro atoms. The largest absolute Gasteiger partial charge is 0.381 e. The number of alkyl halides is 1. The summed E-state index contributed by atoms with van der Waals surface area (Å²) in [5.74, 6) is 1.58. The van der Waals surface area contributed by atoms with E-state index in [1.54, 1.807) is 0 Å². The van der Waals surface area contributed by atoms with E-state index < -0.39 is 0 Å². The van der Waals surface area contributed by atoms with Gasteiger partial charge >= 0.3 is 0 Å². The molecule has 1 heterocycles. The van der Waals surface area contributed by atoms with Crippen LogP contribution in [0.25, 0.3) is 0 Å². The molecule has 3 heteroatoms. The maximum atomic E-state index is 6.30. The SMILES string of the molecule is CCCC1CCC(CBr)(OCC2CCOC2)CC1. The Hall–Kier alpha value is 0.400. The summed E-state index contributed by atoms with van der Waals surface area (Å²) in [5.41, 5.74) is 0.118. The van der Waals surface area contributed by atoms with Crippen molar-refractivity contribution in [3.8, 4) is 0 Å². The Morgan fingerprint density at radius 1 is 1.22 bits per heavy atom. The minimum absolute atomic E-state index is 0.118. The first-order valence-corrected chi connectivity index (χ1v) is 8.68. The van der Waals surface area contributed by atoms with Gasteiger partial charge in [0.05, 0.1) is 18.8 Å². The maximum absolute atomic E-state index is 6.30. The minimum atomic E-state index is 0.118. The van der Waals surface area contributed by atoms with E-state index in [1.807, 2.05) is 0 Å². The first kappa shape index (κ1) is 14.8. The van der Waals surface area contributed by atoms with Crippen molar-refractivity contribution in [2.75, 3.05) is 25.2 Å². The van der Waals surface area contributed by atoms with Crippen LogP contribution in [0.15, 0.2) is 0 Å². The Labute approximate surface area is 120 Å². The van der Waals surface area contributed by atoms with E-state index in [0.717, 1.165) is 31.1 Å². The second-order valence-corrected chi connectivity index (χ2v) is 6.65. The molecule has 1 unspecified atom stereocenters. The van der Waals surface area contributed by atoms with Gasteiger partial charge in [0.2, 0.25) is 0 Å². The molecule has 1 aliphatic heterocycles. The van der Waals surface area contributed by atoms with Gasteiger partial charge < -0.3 is 9.47 Å². The van der Waals surface area contributed by atoms with Gasteiger partial charge in [-0.25, -0.2) is 0 Å². The summed E-state index contributed by atoms with van der Waals surface area (Å²) in [6.45, 7) is 5.01. The fourth-order valence-electron chi connectivity index (χ4n) is 3.23. The van der Waals surface area contributed by atoms with E-state index in [1.165, 1.54) is 44.9 Å². The Morgan fingerprint density at radius 3 is 2.56 bits per heavy atom. The van der Waals surface area contributed by atoms with Crippen LogP contribution in [0.1, 0.15) is 51.9 Å². The summed E-state index contributed by atoms with van der Waals surface area (Å²) in [6, 6.07) is 0. The fourth-order valence-corrected chi connectivity index (χ4v) is 3.95. The molecule has 1 atom stereocenters. The summed E-state index contributed by atoms with van der Waals surface area (Å²) in [6.07, 6.45) is 9.06. The van der Waals surface area contributed by atoms with Crippen LogP contribution < -0.4 is 0 Å². The molecule has 18 heavy (non-hydrogen) atoms. The predicted molar refractivity (Wildman–Crippen MR) is 78.3 cm³/mol. The van der Waals surface area contributed by atoms with Gasteiger partial charge in [0, 0.05) is 17.9 Å². The van der Waals surface area contributed by atoms with E-state index >= 15 is 0 Å². The maximum Gasteiger partial charge on any atom is 0.0779 e. The summed E-state index contributed by atoms with van der Waals surface area (Å²) in [5, 5.41) is 0.992. The summed E-state index contributed by atoms with van der Waals surface area (Å²) in [7, 11) is 0. The lowest BCUT2D eigenvalue weighted by Gasteiger charge is -2.39. The van der Waals surface area contributed by atoms with Crippen LogP contribution in [0.4, 0.5) is 0 Å². The normalized spacial score (nSPS) is 37.0. The molecular weight excluding hydrogens is 292 g/mol. The van der Waals surface area contributed by atoms with Crippen LogP contribution in [0.3, 0.4) is 0 Å². The molecule has 0 amide bonds. The van der Waals surface area contributed by atoms with Gasteiger partial charge in [-0.3, -0.25) is 0 Å². The second kappa shape index (κ2) is 7.25. The molecule has 1 saturated heterocycles. The van der Waals surface area contributed by atoms with Gasteiger partial charge in [-0.2, -0.15) is 0 Å². The van der Waals surface area contributed by atoms with Crippen molar-refractivity contribution in [1.29, 1.82) is 0 Å². The molecule has 0 aromatic carbocycles. The molecule has 0 bridgehead atoms. The highest BCUT2D eigenvalue weighted by Crippen LogP contribution is 2.38. The second-order valence-electron chi connectivity index (χ2n) is 6.09. The van der Waals surface area contributed by atoms with Crippen LogP contribution in [0.5, 0.6) is 0 Å². The average Bonchev–Trinajstić information content (AvgIpc) is 2.92. The lowest BCUT2D eigenvalue weighted by atomic mass is 9.78. The quantitative estimate of drug-likeness (QED) is 0.684. The first-order valence-electron chi connectivity index (χ1n) is 7.55. The zero-order chi connectivity index (χ0) is 12.8. The molecule has 2 rings (SSSR count). The van der Waals surface area contributed by atoms with Crippen molar-refractivity contribution in [3.05, 3.63) is 0 Å². The van der Waals surface area contributed by atoms with E-state index in [2.05, 4.69) is 22.9 Å². The standard InChI is InChI=1S/C15H27BrO2/c1-2-3-13-4-7-15(12-16,8-5-13)18-11-14-6-9-17-10-14/h13-14H,2-12H2,1H3. The molecule has 0 aromatic heterocycles. The molecule has 0 N–H and O–H groups in total. The summed E-state index contributed by atoms with van der Waals surface area (Å²) < 4.78 is 11.7. The molecule has 1 aliphatic carbocycles. The highest BCUT2D eigenvalue weighted by atomic mass is 79.9. The van der Waals surface area contributed by atoms with E-state index in [-0.39, 0.29) is 5.60 Å². The van der Waals surface area contributed by atoms with Crippen molar-refractivity contribution >= 4 is 15.9 Å². The molecule has 1 saturated carbocycles. The number of ether oxygens (including phenoxy) is 2. The fraction of sp³-hybridized carbons (Fsp3) is 1.00. The minimum Gasteiger partial charge on any atom is -0.381 e. The number of hydrogen-bond acceptors (Lipinski definition) is 2. The van der Waals surface area contributed by atoms with Crippen molar-refractivity contribution in [1.82, 2.24) is 0 Å². The van der Waals surface area contributed by atoms with Crippen molar-refractivity contribution in [2.24, 2.45) is 11.8 Å². The van der Waals surface area contributed by atoms with Crippen molar-refractivity contribution in [2.45, 2.75) is 57.5 Å². The molecule has 0 aromatic rings. The highest BCUT2D eigenvalue weighted by molar-refractivity contribution is 9.09. The Morgan fingerprint density at radius 2 is 2.00 bits per heavy atom. The molecule has 2 aliphatic rings. The molecule has 2 fully saturated rings. The lowest BCUT2D eigenvalue weighted by molar-refractivity contribution is -0.0742. The third kappa shape index (κ3) is 3.94. The number of rotatable bonds is 6. The summed E-state index contributed by atoms with van der Waals surface area (Å²) in [4.78, 5) is 0. The van der Waals surface area contributed by atoms with Crippen LogP contribution in [0.2, 0.25) is 0 Å². The third-order valence-corrected chi connectivity index (χ3v) is 5.63. The van der Waals surface area contributed by atoms with E-state index in [4.69, 9.17) is 9.47 Å². The van der Waals surface area contributed by atoms with Gasteiger partial charge in [0.15, 0.2) is 0 Å². The number of hydrogen-bond donors (Lipinski definition) is 0. The Kier molecular flexibility index (Phi) is 5.96. The molecular formula is C15H27BrO2. The number of halogens is 1. The first-order chi connectivity index (χ1) is 8.78. The zero-order valence-corrected chi connectivity index (χ0v) is 13.2. The van der Waals surface area contributed by atoms with Crippen LogP contribution in [0, 0.1) is 11.8 Å². The van der Waals surface area contributed by atoms with Crippen LogP contribution in [-0.4, -0.2) is 30.8 Å². The molecule has 106 valence electrons. The van der Waals surface area contributed by atoms with Gasteiger partial charge in [-0.1, -0.05) is 35.7 Å².